The first kappa shape index (κ1) is 17.4. The summed E-state index contributed by atoms with van der Waals surface area (Å²) in [5.41, 5.74) is 1.21. The standard InChI is InChI=1S/C21H17FN2O3/c22-17-4-2-1-3-15(17)7-5-14-6-8-16-18(13-14)23-19-9-10-21(26,27)11-12-24(19)20(16)25/h1-4,6,8,13,26-27H,9-12H2. The maximum absolute atomic E-state index is 13.7. The summed E-state index contributed by atoms with van der Waals surface area (Å²) in [5, 5.41) is 20.2. The molecule has 6 heteroatoms. The highest BCUT2D eigenvalue weighted by Crippen LogP contribution is 2.21. The van der Waals surface area contributed by atoms with E-state index < -0.39 is 5.79 Å². The summed E-state index contributed by atoms with van der Waals surface area (Å²) in [6, 6.07) is 11.3. The number of nitrogens with zero attached hydrogens (tertiary/aromatic N) is 2. The molecule has 136 valence electrons. The largest absolute Gasteiger partial charge is 0.366 e. The molecule has 2 N–H and O–H groups in total. The summed E-state index contributed by atoms with van der Waals surface area (Å²) in [6.07, 6.45) is 0.500. The van der Waals surface area contributed by atoms with Crippen molar-refractivity contribution >= 4 is 10.9 Å². The van der Waals surface area contributed by atoms with Gasteiger partial charge in [0, 0.05) is 31.4 Å². The molecular formula is C21H17FN2O3. The molecule has 5 nitrogen and oxygen atoms in total. The highest BCUT2D eigenvalue weighted by Gasteiger charge is 2.28. The first-order valence-corrected chi connectivity index (χ1v) is 8.68. The van der Waals surface area contributed by atoms with Crippen molar-refractivity contribution in [2.75, 3.05) is 0 Å². The van der Waals surface area contributed by atoms with E-state index in [1.165, 1.54) is 10.6 Å². The molecular weight excluding hydrogens is 347 g/mol. The molecule has 2 aromatic carbocycles. The molecule has 2 heterocycles. The van der Waals surface area contributed by atoms with Crippen molar-refractivity contribution < 1.29 is 14.6 Å². The third kappa shape index (κ3) is 3.47. The SMILES string of the molecule is O=c1c2ccc(C#Cc3ccccc3F)cc2nc2n1CCC(O)(O)CC2. The Morgan fingerprint density at radius 2 is 1.93 bits per heavy atom. The van der Waals surface area contributed by atoms with Crippen LogP contribution in [0.4, 0.5) is 4.39 Å². The number of rotatable bonds is 0. The number of aryl methyl sites for hydroxylation is 1. The molecule has 27 heavy (non-hydrogen) atoms. The van der Waals surface area contributed by atoms with Crippen molar-refractivity contribution in [3.63, 3.8) is 0 Å². The topological polar surface area (TPSA) is 75.4 Å². The second-order valence-electron chi connectivity index (χ2n) is 6.68. The minimum atomic E-state index is -1.79. The molecule has 0 atom stereocenters. The molecule has 0 unspecified atom stereocenters. The Kier molecular flexibility index (Phi) is 4.27. The molecule has 0 bridgehead atoms. The molecule has 4 rings (SSSR count). The molecule has 1 aliphatic heterocycles. The summed E-state index contributed by atoms with van der Waals surface area (Å²) >= 11 is 0. The third-order valence-electron chi connectivity index (χ3n) is 4.73. The summed E-state index contributed by atoms with van der Waals surface area (Å²) in [4.78, 5) is 17.3. The van der Waals surface area contributed by atoms with Gasteiger partial charge in [0.05, 0.1) is 16.5 Å². The lowest BCUT2D eigenvalue weighted by Crippen LogP contribution is -2.29. The fourth-order valence-corrected chi connectivity index (χ4v) is 3.20. The minimum Gasteiger partial charge on any atom is -0.366 e. The van der Waals surface area contributed by atoms with Gasteiger partial charge in [-0.1, -0.05) is 24.0 Å². The van der Waals surface area contributed by atoms with Gasteiger partial charge >= 0.3 is 0 Å². The predicted octanol–water partition coefficient (Wildman–Crippen LogP) is 1.95. The first-order chi connectivity index (χ1) is 12.9. The van der Waals surface area contributed by atoms with Gasteiger partial charge in [0.15, 0.2) is 5.79 Å². The van der Waals surface area contributed by atoms with Crippen LogP contribution in [0, 0.1) is 17.7 Å². The Balaban J connectivity index is 1.76. The van der Waals surface area contributed by atoms with Crippen molar-refractivity contribution in [2.24, 2.45) is 0 Å². The Bertz CT molecular complexity index is 1160. The van der Waals surface area contributed by atoms with E-state index in [0.717, 1.165) is 0 Å². The second kappa shape index (κ2) is 6.62. The summed E-state index contributed by atoms with van der Waals surface area (Å²) < 4.78 is 15.2. The molecule has 0 radical (unpaired) electrons. The number of fused-ring (bicyclic) bond motifs is 2. The van der Waals surface area contributed by atoms with E-state index in [-0.39, 0.29) is 30.8 Å². The number of benzene rings is 2. The van der Waals surface area contributed by atoms with Gasteiger partial charge in [0.25, 0.3) is 5.56 Å². The van der Waals surface area contributed by atoms with Crippen molar-refractivity contribution in [3.05, 3.63) is 75.6 Å². The molecule has 1 aliphatic rings. The molecule has 1 aromatic heterocycles. The second-order valence-corrected chi connectivity index (χ2v) is 6.68. The first-order valence-electron chi connectivity index (χ1n) is 8.68. The van der Waals surface area contributed by atoms with Crippen LogP contribution in [0.3, 0.4) is 0 Å². The van der Waals surface area contributed by atoms with E-state index in [9.17, 15) is 19.4 Å². The van der Waals surface area contributed by atoms with Gasteiger partial charge in [-0.2, -0.15) is 0 Å². The average Bonchev–Trinajstić information content (AvgIpc) is 2.80. The minimum absolute atomic E-state index is 0.0826. The third-order valence-corrected chi connectivity index (χ3v) is 4.73. The molecule has 0 saturated carbocycles. The Labute approximate surface area is 154 Å². The number of aliphatic hydroxyl groups is 2. The van der Waals surface area contributed by atoms with Crippen molar-refractivity contribution in [3.8, 4) is 11.8 Å². The predicted molar refractivity (Wildman–Crippen MR) is 98.5 cm³/mol. The number of halogens is 1. The molecule has 3 aromatic rings. The number of hydrogen-bond acceptors (Lipinski definition) is 4. The molecule has 0 fully saturated rings. The zero-order chi connectivity index (χ0) is 19.0. The lowest BCUT2D eigenvalue weighted by atomic mass is 10.1. The van der Waals surface area contributed by atoms with Gasteiger partial charge < -0.3 is 10.2 Å². The van der Waals surface area contributed by atoms with Gasteiger partial charge in [0.1, 0.15) is 11.6 Å². The fourth-order valence-electron chi connectivity index (χ4n) is 3.20. The van der Waals surface area contributed by atoms with Crippen molar-refractivity contribution in [1.82, 2.24) is 9.55 Å². The number of hydrogen-bond donors (Lipinski definition) is 2. The lowest BCUT2D eigenvalue weighted by molar-refractivity contribution is -0.169. The Hall–Kier alpha value is -3.01. The average molecular weight is 364 g/mol. The smallest absolute Gasteiger partial charge is 0.261 e. The van der Waals surface area contributed by atoms with Gasteiger partial charge in [-0.25, -0.2) is 9.37 Å². The van der Waals surface area contributed by atoms with Gasteiger partial charge in [-0.05, 0) is 30.3 Å². The van der Waals surface area contributed by atoms with Crippen LogP contribution < -0.4 is 5.56 Å². The lowest BCUT2D eigenvalue weighted by Gasteiger charge is -2.17. The summed E-state index contributed by atoms with van der Waals surface area (Å²) in [6.45, 7) is 0.207. The fraction of sp³-hybridized carbons (Fsp3) is 0.238. The van der Waals surface area contributed by atoms with Crippen LogP contribution in [0.1, 0.15) is 29.8 Å². The van der Waals surface area contributed by atoms with Gasteiger partial charge in [-0.15, -0.1) is 0 Å². The van der Waals surface area contributed by atoms with Crippen LogP contribution in [0.25, 0.3) is 10.9 Å². The normalized spacial score (nSPS) is 15.5. The maximum atomic E-state index is 13.7. The van der Waals surface area contributed by atoms with Crippen LogP contribution >= 0.6 is 0 Å². The molecule has 0 spiro atoms. The van der Waals surface area contributed by atoms with E-state index in [1.54, 1.807) is 36.4 Å². The van der Waals surface area contributed by atoms with E-state index in [4.69, 9.17) is 0 Å². The van der Waals surface area contributed by atoms with Crippen LogP contribution in [0.5, 0.6) is 0 Å². The van der Waals surface area contributed by atoms with E-state index >= 15 is 0 Å². The Morgan fingerprint density at radius 3 is 2.74 bits per heavy atom. The van der Waals surface area contributed by atoms with Crippen LogP contribution in [0.15, 0.2) is 47.3 Å². The van der Waals surface area contributed by atoms with Crippen LogP contribution in [0.2, 0.25) is 0 Å². The maximum Gasteiger partial charge on any atom is 0.261 e. The highest BCUT2D eigenvalue weighted by molar-refractivity contribution is 5.79. The molecule has 0 aliphatic carbocycles. The van der Waals surface area contributed by atoms with Crippen LogP contribution in [-0.2, 0) is 13.0 Å². The highest BCUT2D eigenvalue weighted by atomic mass is 19.1. The van der Waals surface area contributed by atoms with Gasteiger partial charge in [0.2, 0.25) is 0 Å². The van der Waals surface area contributed by atoms with Crippen molar-refractivity contribution in [2.45, 2.75) is 31.6 Å². The van der Waals surface area contributed by atoms with E-state index in [1.807, 2.05) is 0 Å². The van der Waals surface area contributed by atoms with E-state index in [2.05, 4.69) is 16.8 Å². The Morgan fingerprint density at radius 1 is 1.11 bits per heavy atom. The quantitative estimate of drug-likeness (QED) is 0.472. The van der Waals surface area contributed by atoms with Crippen molar-refractivity contribution in [1.29, 1.82) is 0 Å². The van der Waals surface area contributed by atoms with Crippen LogP contribution in [-0.4, -0.2) is 25.6 Å². The summed E-state index contributed by atoms with van der Waals surface area (Å²) in [5.74, 6) is 4.04. The monoisotopic (exact) mass is 364 g/mol. The molecule has 0 amide bonds. The van der Waals surface area contributed by atoms with Gasteiger partial charge in [-0.3, -0.25) is 9.36 Å². The number of aromatic nitrogens is 2. The van der Waals surface area contributed by atoms with E-state index in [0.29, 0.717) is 34.3 Å². The molecule has 0 saturated heterocycles. The zero-order valence-electron chi connectivity index (χ0n) is 14.4. The summed E-state index contributed by atoms with van der Waals surface area (Å²) in [7, 11) is 0. The zero-order valence-corrected chi connectivity index (χ0v) is 14.4.